The van der Waals surface area contributed by atoms with Crippen molar-refractivity contribution < 1.29 is 9.53 Å². The van der Waals surface area contributed by atoms with Crippen LogP contribution in [0.15, 0.2) is 6.07 Å². The third kappa shape index (κ3) is 2.96. The Morgan fingerprint density at radius 1 is 1.62 bits per heavy atom. The third-order valence-electron chi connectivity index (χ3n) is 2.28. The minimum atomic E-state index is 0.0187. The number of thiophene rings is 1. The highest BCUT2D eigenvalue weighted by Gasteiger charge is 2.18. The van der Waals surface area contributed by atoms with Crippen LogP contribution < -0.4 is 10.1 Å². The van der Waals surface area contributed by atoms with Crippen molar-refractivity contribution in [1.29, 1.82) is 0 Å². The van der Waals surface area contributed by atoms with Crippen molar-refractivity contribution in [1.82, 2.24) is 10.2 Å². The molecule has 4 nitrogen and oxygen atoms in total. The molecule has 1 aromatic rings. The van der Waals surface area contributed by atoms with Crippen molar-refractivity contribution in [3.8, 4) is 5.75 Å². The Labute approximate surface area is 100 Å². The molecule has 0 unspecified atom stereocenters. The van der Waals surface area contributed by atoms with Crippen LogP contribution in [0.1, 0.15) is 14.5 Å². The molecule has 16 heavy (non-hydrogen) atoms. The third-order valence-corrected chi connectivity index (χ3v) is 3.30. The number of ether oxygens (including phenoxy) is 1. The molecule has 0 aliphatic heterocycles. The number of hydrogen-bond donors (Lipinski definition) is 1. The van der Waals surface area contributed by atoms with Crippen LogP contribution in [0.4, 0.5) is 0 Å². The van der Waals surface area contributed by atoms with Crippen LogP contribution in [0.5, 0.6) is 5.75 Å². The summed E-state index contributed by atoms with van der Waals surface area (Å²) in [6.07, 6.45) is 0. The second-order valence-electron chi connectivity index (χ2n) is 3.58. The Hall–Kier alpha value is -1.07. The van der Waals surface area contributed by atoms with Gasteiger partial charge in [0.2, 0.25) is 0 Å². The van der Waals surface area contributed by atoms with Crippen LogP contribution in [0, 0.1) is 6.92 Å². The number of rotatable bonds is 5. The molecule has 5 heteroatoms. The molecule has 1 heterocycles. The Bertz CT molecular complexity index is 363. The van der Waals surface area contributed by atoms with E-state index in [1.54, 1.807) is 19.1 Å². The molecular weight excluding hydrogens is 224 g/mol. The molecule has 1 rings (SSSR count). The van der Waals surface area contributed by atoms with Gasteiger partial charge in [-0.3, -0.25) is 4.79 Å². The van der Waals surface area contributed by atoms with E-state index in [1.807, 2.05) is 20.0 Å². The maximum Gasteiger partial charge on any atom is 0.267 e. The van der Waals surface area contributed by atoms with Gasteiger partial charge in [0.15, 0.2) is 0 Å². The average molecular weight is 242 g/mol. The van der Waals surface area contributed by atoms with Gasteiger partial charge in [-0.2, -0.15) is 0 Å². The van der Waals surface area contributed by atoms with Crippen LogP contribution >= 0.6 is 11.3 Å². The number of carbonyl (C=O) groups excluding carboxylic acids is 1. The van der Waals surface area contributed by atoms with E-state index >= 15 is 0 Å². The lowest BCUT2D eigenvalue weighted by atomic mass is 10.3. The van der Waals surface area contributed by atoms with E-state index in [9.17, 15) is 4.79 Å². The molecule has 1 amide bonds. The normalized spacial score (nSPS) is 10.2. The van der Waals surface area contributed by atoms with Gasteiger partial charge in [0.1, 0.15) is 10.6 Å². The highest BCUT2D eigenvalue weighted by atomic mass is 32.1. The predicted octanol–water partition coefficient (Wildman–Crippen LogP) is 1.36. The van der Waals surface area contributed by atoms with Crippen LogP contribution in [-0.4, -0.2) is 45.1 Å². The zero-order valence-corrected chi connectivity index (χ0v) is 11.0. The molecule has 1 aromatic heterocycles. The fourth-order valence-corrected chi connectivity index (χ4v) is 2.32. The minimum absolute atomic E-state index is 0.0187. The van der Waals surface area contributed by atoms with E-state index < -0.39 is 0 Å². The Morgan fingerprint density at radius 2 is 2.31 bits per heavy atom. The fraction of sp³-hybridized carbons (Fsp3) is 0.545. The van der Waals surface area contributed by atoms with E-state index in [2.05, 4.69) is 5.32 Å². The Balaban J connectivity index is 2.78. The number of likely N-dealkylation sites (N-methyl/N-ethyl adjacent to an activating group) is 2. The number of carbonyl (C=O) groups is 1. The number of hydrogen-bond acceptors (Lipinski definition) is 4. The van der Waals surface area contributed by atoms with E-state index in [-0.39, 0.29) is 5.91 Å². The minimum Gasteiger partial charge on any atom is -0.495 e. The summed E-state index contributed by atoms with van der Waals surface area (Å²) in [6.45, 7) is 3.45. The van der Waals surface area contributed by atoms with Crippen molar-refractivity contribution in [2.45, 2.75) is 6.92 Å². The van der Waals surface area contributed by atoms with Gasteiger partial charge in [0.25, 0.3) is 5.91 Å². The summed E-state index contributed by atoms with van der Waals surface area (Å²) in [5, 5.41) is 3.02. The zero-order valence-electron chi connectivity index (χ0n) is 10.2. The largest absolute Gasteiger partial charge is 0.495 e. The molecule has 90 valence electrons. The monoisotopic (exact) mass is 242 g/mol. The number of methoxy groups -OCH3 is 1. The molecule has 0 spiro atoms. The van der Waals surface area contributed by atoms with Crippen LogP contribution in [-0.2, 0) is 0 Å². The summed E-state index contributed by atoms with van der Waals surface area (Å²) in [6, 6.07) is 1.89. The maximum atomic E-state index is 12.1. The van der Waals surface area contributed by atoms with Gasteiger partial charge >= 0.3 is 0 Å². The second kappa shape index (κ2) is 5.86. The number of nitrogens with one attached hydrogen (secondary N) is 1. The van der Waals surface area contributed by atoms with Gasteiger partial charge in [0, 0.05) is 25.0 Å². The first kappa shape index (κ1) is 13.0. The number of aryl methyl sites for hydroxylation is 1. The fourth-order valence-electron chi connectivity index (χ4n) is 1.35. The highest BCUT2D eigenvalue weighted by Crippen LogP contribution is 2.29. The number of amides is 1. The Morgan fingerprint density at radius 3 is 2.88 bits per heavy atom. The lowest BCUT2D eigenvalue weighted by Gasteiger charge is -2.16. The molecule has 0 saturated heterocycles. The van der Waals surface area contributed by atoms with Crippen LogP contribution in [0.2, 0.25) is 0 Å². The maximum absolute atomic E-state index is 12.1. The van der Waals surface area contributed by atoms with Gasteiger partial charge in [-0.1, -0.05) is 0 Å². The first-order valence-corrected chi connectivity index (χ1v) is 5.96. The average Bonchev–Trinajstić information content (AvgIpc) is 2.66. The quantitative estimate of drug-likeness (QED) is 0.847. The summed E-state index contributed by atoms with van der Waals surface area (Å²) >= 11 is 1.47. The van der Waals surface area contributed by atoms with Crippen LogP contribution in [0.3, 0.4) is 0 Å². The standard InChI is InChI=1S/C11H18N2O2S/c1-8-7-9(15-4)10(16-8)11(14)13(3)6-5-12-2/h7,12H,5-6H2,1-4H3. The summed E-state index contributed by atoms with van der Waals surface area (Å²) in [5.74, 6) is 0.689. The lowest BCUT2D eigenvalue weighted by molar-refractivity contribution is 0.0798. The predicted molar refractivity (Wildman–Crippen MR) is 66.5 cm³/mol. The molecule has 0 saturated carbocycles. The summed E-state index contributed by atoms with van der Waals surface area (Å²) in [5.41, 5.74) is 0. The van der Waals surface area contributed by atoms with Crippen molar-refractivity contribution >= 4 is 17.2 Å². The molecular formula is C11H18N2O2S. The SMILES string of the molecule is CNCCN(C)C(=O)c1sc(C)cc1OC. The molecule has 0 aliphatic rings. The molecule has 0 aromatic carbocycles. The number of nitrogens with zero attached hydrogens (tertiary/aromatic N) is 1. The van der Waals surface area contributed by atoms with Gasteiger partial charge in [-0.25, -0.2) is 0 Å². The molecule has 0 fully saturated rings. The van der Waals surface area contributed by atoms with Crippen molar-refractivity contribution in [2.75, 3.05) is 34.3 Å². The second-order valence-corrected chi connectivity index (χ2v) is 4.84. The lowest BCUT2D eigenvalue weighted by Crippen LogP contribution is -2.32. The van der Waals surface area contributed by atoms with Crippen molar-refractivity contribution in [3.05, 3.63) is 15.8 Å². The summed E-state index contributed by atoms with van der Waals surface area (Å²) in [4.78, 5) is 15.5. The van der Waals surface area contributed by atoms with Gasteiger partial charge in [-0.05, 0) is 20.0 Å². The molecule has 1 N–H and O–H groups in total. The molecule has 0 aliphatic carbocycles. The smallest absolute Gasteiger partial charge is 0.267 e. The Kier molecular flexibility index (Phi) is 4.76. The van der Waals surface area contributed by atoms with Crippen LogP contribution in [0.25, 0.3) is 0 Å². The molecule has 0 radical (unpaired) electrons. The van der Waals surface area contributed by atoms with E-state index in [1.165, 1.54) is 11.3 Å². The topological polar surface area (TPSA) is 41.6 Å². The zero-order chi connectivity index (χ0) is 12.1. The highest BCUT2D eigenvalue weighted by molar-refractivity contribution is 7.14. The van der Waals surface area contributed by atoms with Gasteiger partial charge in [0.05, 0.1) is 7.11 Å². The van der Waals surface area contributed by atoms with Gasteiger partial charge < -0.3 is 15.0 Å². The first-order chi connectivity index (χ1) is 7.60. The van der Waals surface area contributed by atoms with E-state index in [0.29, 0.717) is 17.2 Å². The van der Waals surface area contributed by atoms with E-state index in [4.69, 9.17) is 4.74 Å². The van der Waals surface area contributed by atoms with Crippen molar-refractivity contribution in [2.24, 2.45) is 0 Å². The molecule has 0 atom stereocenters. The van der Waals surface area contributed by atoms with Crippen molar-refractivity contribution in [3.63, 3.8) is 0 Å². The summed E-state index contributed by atoms with van der Waals surface area (Å²) in [7, 11) is 5.26. The summed E-state index contributed by atoms with van der Waals surface area (Å²) < 4.78 is 5.19. The first-order valence-electron chi connectivity index (χ1n) is 5.14. The molecule has 0 bridgehead atoms. The van der Waals surface area contributed by atoms with E-state index in [0.717, 1.165) is 11.4 Å². The van der Waals surface area contributed by atoms with Gasteiger partial charge in [-0.15, -0.1) is 11.3 Å².